The maximum Gasteiger partial charge on any atom is 0.119 e. The van der Waals surface area contributed by atoms with E-state index in [0.29, 0.717) is 5.41 Å². The molecule has 0 spiro atoms. The Labute approximate surface area is 98.0 Å². The largest absolute Gasteiger partial charge is 0.494 e. The van der Waals surface area contributed by atoms with Crippen molar-refractivity contribution in [2.45, 2.75) is 31.6 Å². The van der Waals surface area contributed by atoms with Crippen molar-refractivity contribution in [1.82, 2.24) is 5.32 Å². The Morgan fingerprint density at radius 3 is 2.38 bits per heavy atom. The molecule has 0 bridgehead atoms. The van der Waals surface area contributed by atoms with Gasteiger partial charge in [-0.15, -0.1) is 0 Å². The smallest absolute Gasteiger partial charge is 0.119 e. The average molecular weight is 219 g/mol. The predicted octanol–water partition coefficient (Wildman–Crippen LogP) is 2.73. The second-order valence-corrected chi connectivity index (χ2v) is 4.62. The average Bonchev–Trinajstić information content (AvgIpc) is 2.25. The van der Waals surface area contributed by atoms with Crippen LogP contribution in [0.4, 0.5) is 0 Å². The molecule has 1 aliphatic carbocycles. The molecular weight excluding hydrogens is 198 g/mol. The van der Waals surface area contributed by atoms with Crippen LogP contribution in [0, 0.1) is 0 Å². The Morgan fingerprint density at radius 1 is 1.25 bits per heavy atom. The van der Waals surface area contributed by atoms with E-state index in [2.05, 4.69) is 29.6 Å². The molecule has 88 valence electrons. The fraction of sp³-hybridized carbons (Fsp3) is 0.571. The summed E-state index contributed by atoms with van der Waals surface area (Å²) in [4.78, 5) is 0. The molecule has 0 amide bonds. The number of likely N-dealkylation sites (N-methyl/N-ethyl adjacent to an activating group) is 1. The second-order valence-electron chi connectivity index (χ2n) is 4.62. The third kappa shape index (κ3) is 2.07. The maximum atomic E-state index is 5.47. The summed E-state index contributed by atoms with van der Waals surface area (Å²) >= 11 is 0. The quantitative estimate of drug-likeness (QED) is 0.822. The minimum Gasteiger partial charge on any atom is -0.494 e. The first kappa shape index (κ1) is 11.5. The summed E-state index contributed by atoms with van der Waals surface area (Å²) < 4.78 is 5.47. The lowest BCUT2D eigenvalue weighted by Crippen LogP contribution is -2.42. The Bertz CT molecular complexity index is 327. The second kappa shape index (κ2) is 4.88. The van der Waals surface area contributed by atoms with Gasteiger partial charge in [0.25, 0.3) is 0 Å². The summed E-state index contributed by atoms with van der Waals surface area (Å²) in [5.41, 5.74) is 1.84. The summed E-state index contributed by atoms with van der Waals surface area (Å²) in [5.74, 6) is 0.977. The van der Waals surface area contributed by atoms with E-state index >= 15 is 0 Å². The minimum atomic E-state index is 0.388. The van der Waals surface area contributed by atoms with Crippen LogP contribution >= 0.6 is 0 Å². The Hall–Kier alpha value is -1.02. The van der Waals surface area contributed by atoms with E-state index in [4.69, 9.17) is 4.74 Å². The number of hydrogen-bond acceptors (Lipinski definition) is 2. The highest BCUT2D eigenvalue weighted by Gasteiger charge is 2.37. The molecule has 1 aromatic rings. The van der Waals surface area contributed by atoms with Gasteiger partial charge in [0, 0.05) is 12.0 Å². The summed E-state index contributed by atoms with van der Waals surface area (Å²) in [6, 6.07) is 8.63. The van der Waals surface area contributed by atoms with Gasteiger partial charge in [0.05, 0.1) is 6.61 Å². The lowest BCUT2D eigenvalue weighted by molar-refractivity contribution is 0.238. The Morgan fingerprint density at radius 2 is 1.94 bits per heavy atom. The molecule has 1 saturated carbocycles. The first-order valence-electron chi connectivity index (χ1n) is 6.19. The first-order valence-corrected chi connectivity index (χ1v) is 6.19. The molecule has 1 fully saturated rings. The van der Waals surface area contributed by atoms with Crippen LogP contribution in [0.1, 0.15) is 31.7 Å². The van der Waals surface area contributed by atoms with Crippen molar-refractivity contribution in [3.63, 3.8) is 0 Å². The highest BCUT2D eigenvalue weighted by Crippen LogP contribution is 2.43. The van der Waals surface area contributed by atoms with E-state index in [0.717, 1.165) is 18.9 Å². The van der Waals surface area contributed by atoms with Gasteiger partial charge in [-0.3, -0.25) is 0 Å². The molecule has 16 heavy (non-hydrogen) atoms. The normalized spacial score (nSPS) is 17.9. The Kier molecular flexibility index (Phi) is 3.49. The molecule has 2 heteroatoms. The van der Waals surface area contributed by atoms with Crippen molar-refractivity contribution < 1.29 is 4.74 Å². The van der Waals surface area contributed by atoms with Crippen molar-refractivity contribution in [3.8, 4) is 5.75 Å². The molecule has 0 unspecified atom stereocenters. The van der Waals surface area contributed by atoms with Crippen LogP contribution in [0.25, 0.3) is 0 Å². The van der Waals surface area contributed by atoms with Crippen molar-refractivity contribution in [2.24, 2.45) is 0 Å². The van der Waals surface area contributed by atoms with Crippen molar-refractivity contribution in [3.05, 3.63) is 29.8 Å². The SMILES string of the molecule is CCOc1ccc(C2(CNC)CCC2)cc1. The van der Waals surface area contributed by atoms with Crippen LogP contribution in [-0.2, 0) is 5.41 Å². The molecule has 2 nitrogen and oxygen atoms in total. The zero-order chi connectivity index (χ0) is 11.4. The van der Waals surface area contributed by atoms with Gasteiger partial charge in [0.2, 0.25) is 0 Å². The van der Waals surface area contributed by atoms with Crippen LogP contribution < -0.4 is 10.1 Å². The standard InChI is InChI=1S/C14H21NO/c1-3-16-13-7-5-12(6-8-13)14(11-15-2)9-4-10-14/h5-8,15H,3-4,9-11H2,1-2H3. The van der Waals surface area contributed by atoms with E-state index < -0.39 is 0 Å². The minimum absolute atomic E-state index is 0.388. The number of nitrogens with one attached hydrogen (secondary N) is 1. The number of rotatable bonds is 5. The molecule has 1 N–H and O–H groups in total. The highest BCUT2D eigenvalue weighted by atomic mass is 16.5. The lowest BCUT2D eigenvalue weighted by atomic mass is 9.64. The highest BCUT2D eigenvalue weighted by molar-refractivity contribution is 5.34. The zero-order valence-corrected chi connectivity index (χ0v) is 10.3. The fourth-order valence-electron chi connectivity index (χ4n) is 2.58. The van der Waals surface area contributed by atoms with Crippen molar-refractivity contribution >= 4 is 0 Å². The van der Waals surface area contributed by atoms with Gasteiger partial charge in [-0.05, 0) is 44.5 Å². The van der Waals surface area contributed by atoms with Gasteiger partial charge >= 0.3 is 0 Å². The zero-order valence-electron chi connectivity index (χ0n) is 10.3. The fourth-order valence-corrected chi connectivity index (χ4v) is 2.58. The van der Waals surface area contributed by atoms with E-state index in [1.54, 1.807) is 0 Å². The van der Waals surface area contributed by atoms with Crippen LogP contribution in [0.2, 0.25) is 0 Å². The van der Waals surface area contributed by atoms with Crippen molar-refractivity contribution in [2.75, 3.05) is 20.2 Å². The summed E-state index contributed by atoms with van der Waals surface area (Å²) in [7, 11) is 2.04. The van der Waals surface area contributed by atoms with Crippen LogP contribution in [-0.4, -0.2) is 20.2 Å². The number of benzene rings is 1. The van der Waals surface area contributed by atoms with Gasteiger partial charge in [-0.1, -0.05) is 18.6 Å². The molecule has 0 atom stereocenters. The first-order chi connectivity index (χ1) is 7.80. The van der Waals surface area contributed by atoms with E-state index in [9.17, 15) is 0 Å². The maximum absolute atomic E-state index is 5.47. The van der Waals surface area contributed by atoms with E-state index in [-0.39, 0.29) is 0 Å². The summed E-state index contributed by atoms with van der Waals surface area (Å²) in [6.45, 7) is 3.84. The van der Waals surface area contributed by atoms with Gasteiger partial charge in [0.15, 0.2) is 0 Å². The summed E-state index contributed by atoms with van der Waals surface area (Å²) in [6.07, 6.45) is 3.97. The van der Waals surface area contributed by atoms with Gasteiger partial charge < -0.3 is 10.1 Å². The molecule has 2 rings (SSSR count). The monoisotopic (exact) mass is 219 g/mol. The van der Waals surface area contributed by atoms with E-state index in [1.807, 2.05) is 14.0 Å². The Balaban J connectivity index is 2.13. The van der Waals surface area contributed by atoms with Gasteiger partial charge in [-0.25, -0.2) is 0 Å². The van der Waals surface area contributed by atoms with Crippen molar-refractivity contribution in [1.29, 1.82) is 0 Å². The lowest BCUT2D eigenvalue weighted by Gasteiger charge is -2.42. The molecule has 0 radical (unpaired) electrons. The third-order valence-electron chi connectivity index (χ3n) is 3.60. The number of ether oxygens (including phenoxy) is 1. The molecule has 0 aliphatic heterocycles. The van der Waals surface area contributed by atoms with Crippen LogP contribution in [0.5, 0.6) is 5.75 Å². The molecular formula is C14H21NO. The molecule has 0 aromatic heterocycles. The van der Waals surface area contributed by atoms with E-state index in [1.165, 1.54) is 24.8 Å². The third-order valence-corrected chi connectivity index (χ3v) is 3.60. The predicted molar refractivity (Wildman–Crippen MR) is 67.1 cm³/mol. The van der Waals surface area contributed by atoms with Crippen LogP contribution in [0.15, 0.2) is 24.3 Å². The number of hydrogen-bond donors (Lipinski definition) is 1. The topological polar surface area (TPSA) is 21.3 Å². The molecule has 0 heterocycles. The molecule has 1 aromatic carbocycles. The van der Waals surface area contributed by atoms with Gasteiger partial charge in [-0.2, -0.15) is 0 Å². The molecule has 0 saturated heterocycles. The van der Waals surface area contributed by atoms with Gasteiger partial charge in [0.1, 0.15) is 5.75 Å². The summed E-state index contributed by atoms with van der Waals surface area (Å²) in [5, 5.41) is 3.32. The van der Waals surface area contributed by atoms with Crippen LogP contribution in [0.3, 0.4) is 0 Å². The molecule has 1 aliphatic rings.